The van der Waals surface area contributed by atoms with Gasteiger partial charge in [0.15, 0.2) is 10.8 Å². The first-order chi connectivity index (χ1) is 13.5. The van der Waals surface area contributed by atoms with Gasteiger partial charge in [0.05, 0.1) is 17.0 Å². The van der Waals surface area contributed by atoms with E-state index in [0.29, 0.717) is 28.2 Å². The summed E-state index contributed by atoms with van der Waals surface area (Å²) in [6, 6.07) is 1.61. The van der Waals surface area contributed by atoms with Gasteiger partial charge in [-0.2, -0.15) is 0 Å². The standard InChI is InChI=1S/C18H18ClN5O3S/c1-2-27-17(26)12-9-24(18-21-4-6-28-18)15-11(14(12)25)7-13(19)16(22-15)23-5-3-10(20)8-23/h4,6-7,9-10H,2-3,5,8,20H2,1H3. The smallest absolute Gasteiger partial charge is 0.343 e. The van der Waals surface area contributed by atoms with Crippen molar-refractivity contribution >= 4 is 45.8 Å². The third-order valence-corrected chi connectivity index (χ3v) is 5.61. The highest BCUT2D eigenvalue weighted by Gasteiger charge is 2.25. The first-order valence-electron chi connectivity index (χ1n) is 8.83. The second-order valence-corrected chi connectivity index (χ2v) is 7.72. The van der Waals surface area contributed by atoms with Crippen molar-refractivity contribution in [3.8, 4) is 5.13 Å². The van der Waals surface area contributed by atoms with Gasteiger partial charge in [0.2, 0.25) is 5.43 Å². The van der Waals surface area contributed by atoms with Crippen LogP contribution in [0.3, 0.4) is 0 Å². The Kier molecular flexibility index (Phi) is 5.05. The van der Waals surface area contributed by atoms with Crippen molar-refractivity contribution in [1.82, 2.24) is 14.5 Å². The molecule has 0 amide bonds. The summed E-state index contributed by atoms with van der Waals surface area (Å²) < 4.78 is 6.66. The lowest BCUT2D eigenvalue weighted by Crippen LogP contribution is -2.27. The number of pyridine rings is 2. The lowest BCUT2D eigenvalue weighted by atomic mass is 10.2. The lowest BCUT2D eigenvalue weighted by Gasteiger charge is -2.20. The van der Waals surface area contributed by atoms with Crippen molar-refractivity contribution < 1.29 is 9.53 Å². The second-order valence-electron chi connectivity index (χ2n) is 6.44. The van der Waals surface area contributed by atoms with Crippen LogP contribution in [0, 0.1) is 0 Å². The Morgan fingerprint density at radius 3 is 2.96 bits per heavy atom. The Bertz CT molecular complexity index is 1100. The molecule has 146 valence electrons. The SMILES string of the molecule is CCOC(=O)c1cn(-c2nccs2)c2nc(N3CCC(N)C3)c(Cl)cc2c1=O. The molecule has 0 bridgehead atoms. The van der Waals surface area contributed by atoms with E-state index >= 15 is 0 Å². The fourth-order valence-corrected chi connectivity index (χ4v) is 4.14. The largest absolute Gasteiger partial charge is 0.462 e. The predicted molar refractivity (Wildman–Crippen MR) is 109 cm³/mol. The Morgan fingerprint density at radius 2 is 2.32 bits per heavy atom. The molecule has 0 radical (unpaired) electrons. The van der Waals surface area contributed by atoms with Gasteiger partial charge in [-0.1, -0.05) is 11.6 Å². The van der Waals surface area contributed by atoms with Crippen LogP contribution in [0.2, 0.25) is 5.02 Å². The van der Waals surface area contributed by atoms with Gasteiger partial charge in [0.1, 0.15) is 11.4 Å². The number of thiazole rings is 1. The normalized spacial score (nSPS) is 16.7. The average Bonchev–Trinajstić information content (AvgIpc) is 3.34. The molecule has 4 rings (SSSR count). The minimum Gasteiger partial charge on any atom is -0.462 e. The number of rotatable bonds is 4. The Labute approximate surface area is 169 Å². The monoisotopic (exact) mass is 419 g/mol. The van der Waals surface area contributed by atoms with Crippen LogP contribution in [-0.4, -0.2) is 46.2 Å². The molecule has 2 N–H and O–H groups in total. The van der Waals surface area contributed by atoms with Crippen LogP contribution < -0.4 is 16.1 Å². The maximum atomic E-state index is 12.9. The van der Waals surface area contributed by atoms with E-state index in [1.165, 1.54) is 17.5 Å². The molecule has 1 aliphatic heterocycles. The molecule has 8 nitrogen and oxygen atoms in total. The molecule has 4 heterocycles. The molecule has 0 saturated carbocycles. The van der Waals surface area contributed by atoms with Gasteiger partial charge >= 0.3 is 5.97 Å². The first-order valence-corrected chi connectivity index (χ1v) is 10.1. The van der Waals surface area contributed by atoms with Crippen LogP contribution in [0.5, 0.6) is 0 Å². The third kappa shape index (κ3) is 3.25. The highest BCUT2D eigenvalue weighted by Crippen LogP contribution is 2.30. The molecule has 10 heteroatoms. The molecular formula is C18H18ClN5O3S. The summed E-state index contributed by atoms with van der Waals surface area (Å²) in [4.78, 5) is 36.2. The number of carbonyl (C=O) groups is 1. The molecule has 3 aromatic heterocycles. The van der Waals surface area contributed by atoms with Crippen LogP contribution in [0.4, 0.5) is 5.82 Å². The van der Waals surface area contributed by atoms with E-state index in [2.05, 4.69) is 9.97 Å². The number of hydrogen-bond acceptors (Lipinski definition) is 8. The van der Waals surface area contributed by atoms with Gasteiger partial charge in [-0.3, -0.25) is 9.36 Å². The zero-order valence-electron chi connectivity index (χ0n) is 15.1. The van der Waals surface area contributed by atoms with Gasteiger partial charge in [-0.25, -0.2) is 14.8 Å². The van der Waals surface area contributed by atoms with Gasteiger partial charge in [-0.05, 0) is 19.4 Å². The molecule has 1 saturated heterocycles. The Balaban J connectivity index is 1.97. The quantitative estimate of drug-likeness (QED) is 0.646. The number of nitrogens with two attached hydrogens (primary N) is 1. The Morgan fingerprint density at radius 1 is 1.50 bits per heavy atom. The number of halogens is 1. The molecule has 28 heavy (non-hydrogen) atoms. The van der Waals surface area contributed by atoms with E-state index in [1.807, 2.05) is 4.90 Å². The number of esters is 1. The number of aromatic nitrogens is 3. The number of nitrogens with zero attached hydrogens (tertiary/aromatic N) is 4. The molecule has 3 aromatic rings. The number of ether oxygens (including phenoxy) is 1. The molecule has 1 atom stereocenters. The molecular weight excluding hydrogens is 402 g/mol. The number of anilines is 1. The van der Waals surface area contributed by atoms with Crippen LogP contribution >= 0.6 is 22.9 Å². The third-order valence-electron chi connectivity index (χ3n) is 4.56. The Hall–Kier alpha value is -2.49. The van der Waals surface area contributed by atoms with Crippen molar-refractivity contribution in [2.75, 3.05) is 24.6 Å². The highest BCUT2D eigenvalue weighted by atomic mass is 35.5. The minimum absolute atomic E-state index is 0.0564. The summed E-state index contributed by atoms with van der Waals surface area (Å²) in [7, 11) is 0. The molecule has 0 aromatic carbocycles. The van der Waals surface area contributed by atoms with Crippen molar-refractivity contribution in [3.63, 3.8) is 0 Å². The molecule has 1 fully saturated rings. The predicted octanol–water partition coefficient (Wildman–Crippen LogP) is 2.21. The highest BCUT2D eigenvalue weighted by molar-refractivity contribution is 7.12. The van der Waals surface area contributed by atoms with Crippen molar-refractivity contribution in [1.29, 1.82) is 0 Å². The first kappa shape index (κ1) is 18.9. The summed E-state index contributed by atoms with van der Waals surface area (Å²) in [6.45, 7) is 3.23. The molecule has 1 aliphatic rings. The number of fused-ring (bicyclic) bond motifs is 1. The fraction of sp³-hybridized carbons (Fsp3) is 0.333. The summed E-state index contributed by atoms with van der Waals surface area (Å²) in [5, 5.41) is 2.96. The average molecular weight is 420 g/mol. The van der Waals surface area contributed by atoms with Gasteiger partial charge in [-0.15, -0.1) is 11.3 Å². The minimum atomic E-state index is -0.689. The van der Waals surface area contributed by atoms with E-state index in [1.54, 1.807) is 29.1 Å². The zero-order chi connectivity index (χ0) is 19.8. The van der Waals surface area contributed by atoms with Crippen molar-refractivity contribution in [2.24, 2.45) is 5.73 Å². The van der Waals surface area contributed by atoms with E-state index in [4.69, 9.17) is 22.1 Å². The summed E-state index contributed by atoms with van der Waals surface area (Å²) in [5.41, 5.74) is 5.84. The van der Waals surface area contributed by atoms with Crippen LogP contribution in [-0.2, 0) is 4.74 Å². The second kappa shape index (κ2) is 7.50. The zero-order valence-corrected chi connectivity index (χ0v) is 16.7. The maximum Gasteiger partial charge on any atom is 0.343 e. The van der Waals surface area contributed by atoms with E-state index in [-0.39, 0.29) is 23.6 Å². The van der Waals surface area contributed by atoms with E-state index in [9.17, 15) is 9.59 Å². The fourth-order valence-electron chi connectivity index (χ4n) is 3.25. The van der Waals surface area contributed by atoms with Crippen molar-refractivity contribution in [2.45, 2.75) is 19.4 Å². The molecule has 0 spiro atoms. The van der Waals surface area contributed by atoms with E-state index in [0.717, 1.165) is 13.0 Å². The summed E-state index contributed by atoms with van der Waals surface area (Å²) in [6.07, 6.45) is 3.92. The topological polar surface area (TPSA) is 103 Å². The van der Waals surface area contributed by atoms with Crippen molar-refractivity contribution in [3.05, 3.63) is 44.6 Å². The summed E-state index contributed by atoms with van der Waals surface area (Å²) in [5.74, 6) is -0.124. The van der Waals surface area contributed by atoms with Crippen LogP contribution in [0.15, 0.2) is 28.6 Å². The van der Waals surface area contributed by atoms with Crippen LogP contribution in [0.1, 0.15) is 23.7 Å². The van der Waals surface area contributed by atoms with E-state index < -0.39 is 11.4 Å². The van der Waals surface area contributed by atoms with Gasteiger partial charge < -0.3 is 15.4 Å². The van der Waals surface area contributed by atoms with Gasteiger partial charge in [0, 0.05) is 36.9 Å². The van der Waals surface area contributed by atoms with Crippen LogP contribution in [0.25, 0.3) is 16.2 Å². The molecule has 0 aliphatic carbocycles. The summed E-state index contributed by atoms with van der Waals surface area (Å²) >= 11 is 7.82. The van der Waals surface area contributed by atoms with Gasteiger partial charge in [0.25, 0.3) is 0 Å². The number of carbonyl (C=O) groups excluding carboxylic acids is 1. The lowest BCUT2D eigenvalue weighted by molar-refractivity contribution is 0.0524. The molecule has 1 unspecified atom stereocenters. The number of hydrogen-bond donors (Lipinski definition) is 1. The maximum absolute atomic E-state index is 12.9.